The standard InChI is InChI=1S/C37H39BrFN3O4S/c1-27-12-22-34(23-13-27)47(45,46)42(33-20-18-31(39)19-21-33)26-36(43)41(25-29-14-16-30(38)17-15-29)35(24-28-8-4-2-5-9-28)37(44)40-32-10-6-3-7-11-32/h2,4-5,8-9,12-23,32,35H,3,6-7,10-11,24-26H2,1H3,(H,40,44)/t35-/m1/s1. The Bertz CT molecular complexity index is 1750. The van der Waals surface area contributed by atoms with Gasteiger partial charge in [-0.25, -0.2) is 12.8 Å². The fourth-order valence-corrected chi connectivity index (χ4v) is 7.54. The molecule has 0 spiro atoms. The summed E-state index contributed by atoms with van der Waals surface area (Å²) in [7, 11) is -4.26. The van der Waals surface area contributed by atoms with Crippen LogP contribution in [0.15, 0.2) is 112 Å². The minimum absolute atomic E-state index is 0.00411. The first-order valence-corrected chi connectivity index (χ1v) is 18.1. The summed E-state index contributed by atoms with van der Waals surface area (Å²) < 4.78 is 44.1. The van der Waals surface area contributed by atoms with Crippen molar-refractivity contribution in [3.63, 3.8) is 0 Å². The van der Waals surface area contributed by atoms with Crippen molar-refractivity contribution >= 4 is 43.5 Å². The van der Waals surface area contributed by atoms with E-state index in [4.69, 9.17) is 0 Å². The molecule has 7 nitrogen and oxygen atoms in total. The van der Waals surface area contributed by atoms with E-state index in [-0.39, 0.29) is 35.5 Å². The first kappa shape index (κ1) is 34.3. The molecule has 2 amide bonds. The Morgan fingerprint density at radius 3 is 2.13 bits per heavy atom. The third-order valence-electron chi connectivity index (χ3n) is 8.49. The molecule has 0 saturated heterocycles. The van der Waals surface area contributed by atoms with Crippen molar-refractivity contribution in [3.8, 4) is 0 Å². The van der Waals surface area contributed by atoms with Crippen molar-refractivity contribution in [2.45, 2.75) is 69.0 Å². The van der Waals surface area contributed by atoms with Gasteiger partial charge in [-0.3, -0.25) is 13.9 Å². The molecule has 1 saturated carbocycles. The fourth-order valence-electron chi connectivity index (χ4n) is 5.86. The van der Waals surface area contributed by atoms with Gasteiger partial charge in [0.2, 0.25) is 11.8 Å². The molecule has 1 atom stereocenters. The Hall–Kier alpha value is -4.02. The Balaban J connectivity index is 1.55. The van der Waals surface area contributed by atoms with Crippen LogP contribution >= 0.6 is 15.9 Å². The van der Waals surface area contributed by atoms with Gasteiger partial charge in [0.25, 0.3) is 10.0 Å². The van der Waals surface area contributed by atoms with E-state index in [0.29, 0.717) is 0 Å². The van der Waals surface area contributed by atoms with E-state index in [1.165, 1.54) is 29.2 Å². The molecule has 1 aliphatic carbocycles. The summed E-state index contributed by atoms with van der Waals surface area (Å²) in [6.45, 7) is 1.33. The number of hydrogen-bond acceptors (Lipinski definition) is 4. The third kappa shape index (κ3) is 9.08. The Morgan fingerprint density at radius 2 is 1.49 bits per heavy atom. The van der Waals surface area contributed by atoms with E-state index in [1.54, 1.807) is 12.1 Å². The van der Waals surface area contributed by atoms with Crippen molar-refractivity contribution in [2.75, 3.05) is 10.8 Å². The third-order valence-corrected chi connectivity index (χ3v) is 10.8. The molecule has 0 radical (unpaired) electrons. The number of nitrogens with one attached hydrogen (secondary N) is 1. The highest BCUT2D eigenvalue weighted by molar-refractivity contribution is 9.10. The van der Waals surface area contributed by atoms with Gasteiger partial charge in [0.1, 0.15) is 18.4 Å². The van der Waals surface area contributed by atoms with Crippen molar-refractivity contribution in [1.82, 2.24) is 10.2 Å². The topological polar surface area (TPSA) is 86.8 Å². The van der Waals surface area contributed by atoms with E-state index >= 15 is 0 Å². The van der Waals surface area contributed by atoms with Gasteiger partial charge in [-0.1, -0.05) is 95.4 Å². The lowest BCUT2D eigenvalue weighted by atomic mass is 9.94. The van der Waals surface area contributed by atoms with Crippen LogP contribution in [0.3, 0.4) is 0 Å². The predicted octanol–water partition coefficient (Wildman–Crippen LogP) is 7.18. The Labute approximate surface area is 285 Å². The SMILES string of the molecule is Cc1ccc(S(=O)(=O)N(CC(=O)N(Cc2ccc(Br)cc2)[C@H](Cc2ccccc2)C(=O)NC2CCCCC2)c2ccc(F)cc2)cc1. The van der Waals surface area contributed by atoms with Crippen molar-refractivity contribution in [2.24, 2.45) is 0 Å². The lowest BCUT2D eigenvalue weighted by molar-refractivity contribution is -0.140. The maximum absolute atomic E-state index is 14.6. The molecule has 0 bridgehead atoms. The number of carbonyl (C=O) groups excluding carboxylic acids is 2. The summed E-state index contributed by atoms with van der Waals surface area (Å²) >= 11 is 3.46. The molecule has 0 heterocycles. The van der Waals surface area contributed by atoms with E-state index in [2.05, 4.69) is 21.2 Å². The molecule has 0 unspecified atom stereocenters. The van der Waals surface area contributed by atoms with Crippen LogP contribution in [0.4, 0.5) is 10.1 Å². The minimum Gasteiger partial charge on any atom is -0.352 e. The molecule has 1 fully saturated rings. The van der Waals surface area contributed by atoms with Gasteiger partial charge in [0, 0.05) is 23.5 Å². The molecule has 47 heavy (non-hydrogen) atoms. The number of carbonyl (C=O) groups is 2. The highest BCUT2D eigenvalue weighted by atomic mass is 79.9. The molecule has 10 heteroatoms. The number of anilines is 1. The molecular formula is C37H39BrFN3O4S. The van der Waals surface area contributed by atoms with E-state index in [1.807, 2.05) is 61.5 Å². The second-order valence-corrected chi connectivity index (χ2v) is 14.8. The number of rotatable bonds is 12. The largest absolute Gasteiger partial charge is 0.352 e. The molecule has 1 aliphatic rings. The lowest BCUT2D eigenvalue weighted by Gasteiger charge is -2.35. The van der Waals surface area contributed by atoms with Crippen molar-refractivity contribution in [1.29, 1.82) is 0 Å². The molecule has 246 valence electrons. The Kier molecular flexibility index (Phi) is 11.5. The van der Waals surface area contributed by atoms with Crippen LogP contribution < -0.4 is 9.62 Å². The van der Waals surface area contributed by atoms with Gasteiger partial charge >= 0.3 is 0 Å². The minimum atomic E-state index is -4.26. The van der Waals surface area contributed by atoms with Crippen LogP contribution in [0.1, 0.15) is 48.8 Å². The van der Waals surface area contributed by atoms with Gasteiger partial charge in [-0.2, -0.15) is 0 Å². The van der Waals surface area contributed by atoms with Gasteiger partial charge in [0.05, 0.1) is 10.6 Å². The molecule has 0 aromatic heterocycles. The number of halogens is 2. The fraction of sp³-hybridized carbons (Fsp3) is 0.297. The number of sulfonamides is 1. The molecule has 1 N–H and O–H groups in total. The Morgan fingerprint density at radius 1 is 0.851 bits per heavy atom. The highest BCUT2D eigenvalue weighted by Gasteiger charge is 2.35. The maximum Gasteiger partial charge on any atom is 0.264 e. The molecular weight excluding hydrogens is 681 g/mol. The maximum atomic E-state index is 14.6. The van der Waals surface area contributed by atoms with Crippen molar-refractivity contribution in [3.05, 3.63) is 130 Å². The number of hydrogen-bond donors (Lipinski definition) is 1. The molecule has 5 rings (SSSR count). The molecule has 0 aliphatic heterocycles. The second kappa shape index (κ2) is 15.7. The van der Waals surface area contributed by atoms with Crippen molar-refractivity contribution < 1.29 is 22.4 Å². The van der Waals surface area contributed by atoms with E-state index in [9.17, 15) is 22.4 Å². The highest BCUT2D eigenvalue weighted by Crippen LogP contribution is 2.26. The van der Waals surface area contributed by atoms with Gasteiger partial charge < -0.3 is 10.2 Å². The number of benzene rings is 4. The summed E-state index contributed by atoms with van der Waals surface area (Å²) in [5.74, 6) is -1.37. The monoisotopic (exact) mass is 719 g/mol. The van der Waals surface area contributed by atoms with Crippen LogP contribution in [0.5, 0.6) is 0 Å². The van der Waals surface area contributed by atoms with Crippen LogP contribution in [-0.2, 0) is 32.6 Å². The van der Waals surface area contributed by atoms with E-state index in [0.717, 1.165) is 69.7 Å². The summed E-state index contributed by atoms with van der Waals surface area (Å²) in [6.07, 6.45) is 5.17. The molecule has 4 aromatic carbocycles. The average molecular weight is 721 g/mol. The van der Waals surface area contributed by atoms with E-state index < -0.39 is 34.3 Å². The quantitative estimate of drug-likeness (QED) is 0.168. The zero-order valence-corrected chi connectivity index (χ0v) is 28.7. The second-order valence-electron chi connectivity index (χ2n) is 12.0. The van der Waals surface area contributed by atoms with Gasteiger partial charge in [-0.15, -0.1) is 0 Å². The smallest absolute Gasteiger partial charge is 0.264 e. The predicted molar refractivity (Wildman–Crippen MR) is 186 cm³/mol. The first-order valence-electron chi connectivity index (χ1n) is 15.8. The van der Waals surface area contributed by atoms with Gasteiger partial charge in [-0.05, 0) is 79.4 Å². The first-order chi connectivity index (χ1) is 22.6. The van der Waals surface area contributed by atoms with Crippen LogP contribution in [0.25, 0.3) is 0 Å². The average Bonchev–Trinajstić information content (AvgIpc) is 3.07. The lowest BCUT2D eigenvalue weighted by Crippen LogP contribution is -2.55. The normalized spacial score (nSPS) is 14.3. The summed E-state index contributed by atoms with van der Waals surface area (Å²) in [4.78, 5) is 30.2. The van der Waals surface area contributed by atoms with Crippen LogP contribution in [-0.4, -0.2) is 43.8 Å². The molecule has 4 aromatic rings. The number of amides is 2. The van der Waals surface area contributed by atoms with Crippen LogP contribution in [0.2, 0.25) is 0 Å². The number of nitrogens with zero attached hydrogens (tertiary/aromatic N) is 2. The number of aryl methyl sites for hydroxylation is 1. The zero-order chi connectivity index (χ0) is 33.4. The summed E-state index contributed by atoms with van der Waals surface area (Å²) in [6, 6.07) is 27.4. The van der Waals surface area contributed by atoms with Crippen LogP contribution in [0, 0.1) is 12.7 Å². The van der Waals surface area contributed by atoms with Gasteiger partial charge in [0.15, 0.2) is 0 Å². The zero-order valence-electron chi connectivity index (χ0n) is 26.3. The summed E-state index contributed by atoms with van der Waals surface area (Å²) in [5.41, 5.74) is 2.66. The summed E-state index contributed by atoms with van der Waals surface area (Å²) in [5, 5.41) is 3.21.